The van der Waals surface area contributed by atoms with Gasteiger partial charge in [-0.2, -0.15) is 0 Å². The molecule has 4 nitrogen and oxygen atoms in total. The Morgan fingerprint density at radius 1 is 1.29 bits per heavy atom. The lowest BCUT2D eigenvalue weighted by atomic mass is 10.2. The summed E-state index contributed by atoms with van der Waals surface area (Å²) in [6.45, 7) is 3.12. The summed E-state index contributed by atoms with van der Waals surface area (Å²) in [5, 5.41) is 2.28. The molecular weight excluding hydrogens is 176 g/mol. The molecule has 1 aliphatic heterocycles. The largest absolute Gasteiger partial charge is 0.249 e. The van der Waals surface area contributed by atoms with Crippen molar-refractivity contribution < 1.29 is 0 Å². The molecule has 0 aliphatic carbocycles. The summed E-state index contributed by atoms with van der Waals surface area (Å²) in [5.74, 6) is 0. The van der Waals surface area contributed by atoms with Gasteiger partial charge in [0, 0.05) is 19.3 Å². The average molecular weight is 192 g/mol. The second-order valence-corrected chi connectivity index (χ2v) is 3.58. The number of hydrazine groups is 1. The van der Waals surface area contributed by atoms with Crippen LogP contribution in [0.2, 0.25) is 0 Å². The van der Waals surface area contributed by atoms with Crippen molar-refractivity contribution in [2.75, 3.05) is 13.1 Å². The monoisotopic (exact) mass is 192 g/mol. The molecule has 76 valence electrons. The number of rotatable bonds is 3. The van der Waals surface area contributed by atoms with Gasteiger partial charge in [0.25, 0.3) is 0 Å². The van der Waals surface area contributed by atoms with Crippen molar-refractivity contribution >= 4 is 0 Å². The molecule has 14 heavy (non-hydrogen) atoms. The molecular formula is C10H16N4. The van der Waals surface area contributed by atoms with E-state index in [1.807, 2.05) is 6.07 Å². The maximum Gasteiger partial charge on any atom is 0.115 e. The van der Waals surface area contributed by atoms with Crippen molar-refractivity contribution in [3.05, 3.63) is 24.3 Å². The van der Waals surface area contributed by atoms with Crippen LogP contribution in [-0.4, -0.2) is 28.1 Å². The van der Waals surface area contributed by atoms with Gasteiger partial charge in [0.15, 0.2) is 0 Å². The van der Waals surface area contributed by atoms with Crippen LogP contribution in [0.4, 0.5) is 0 Å². The molecule has 0 saturated carbocycles. The maximum absolute atomic E-state index is 4.16. The molecule has 0 unspecified atom stereocenters. The highest BCUT2D eigenvalue weighted by molar-refractivity contribution is 4.96. The Morgan fingerprint density at radius 2 is 2.14 bits per heavy atom. The Hall–Kier alpha value is -1.00. The van der Waals surface area contributed by atoms with E-state index in [-0.39, 0.29) is 0 Å². The minimum atomic E-state index is 0.808. The molecule has 0 aromatic carbocycles. The quantitative estimate of drug-likeness (QED) is 0.774. The fourth-order valence-corrected chi connectivity index (χ4v) is 1.67. The minimum Gasteiger partial charge on any atom is -0.249 e. The summed E-state index contributed by atoms with van der Waals surface area (Å²) in [6.07, 6.45) is 7.34. The second-order valence-electron chi connectivity index (χ2n) is 3.58. The van der Waals surface area contributed by atoms with Crippen molar-refractivity contribution in [3.8, 4) is 0 Å². The predicted molar refractivity (Wildman–Crippen MR) is 54.3 cm³/mol. The number of nitrogens with zero attached hydrogens (tertiary/aromatic N) is 3. The first-order valence-corrected chi connectivity index (χ1v) is 5.18. The summed E-state index contributed by atoms with van der Waals surface area (Å²) in [6, 6.07) is 1.94. The highest BCUT2D eigenvalue weighted by atomic mass is 15.5. The van der Waals surface area contributed by atoms with Crippen molar-refractivity contribution in [3.63, 3.8) is 0 Å². The topological polar surface area (TPSA) is 41.0 Å². The molecule has 1 fully saturated rings. The first kappa shape index (κ1) is 9.55. The van der Waals surface area contributed by atoms with Gasteiger partial charge in [-0.15, -0.1) is 0 Å². The maximum atomic E-state index is 4.16. The van der Waals surface area contributed by atoms with Crippen LogP contribution < -0.4 is 5.43 Å². The van der Waals surface area contributed by atoms with E-state index in [0.717, 1.165) is 25.3 Å². The third-order valence-corrected chi connectivity index (χ3v) is 2.48. The van der Waals surface area contributed by atoms with Gasteiger partial charge < -0.3 is 0 Å². The summed E-state index contributed by atoms with van der Waals surface area (Å²) >= 11 is 0. The highest BCUT2D eigenvalue weighted by Gasteiger charge is 2.08. The van der Waals surface area contributed by atoms with Crippen LogP contribution in [0.15, 0.2) is 18.6 Å². The van der Waals surface area contributed by atoms with Crippen LogP contribution in [0, 0.1) is 0 Å². The van der Waals surface area contributed by atoms with Crippen LogP contribution in [0.1, 0.15) is 25.0 Å². The van der Waals surface area contributed by atoms with Crippen molar-refractivity contribution in [1.29, 1.82) is 0 Å². The van der Waals surface area contributed by atoms with Gasteiger partial charge in [0.1, 0.15) is 6.33 Å². The molecule has 1 aromatic heterocycles. The molecule has 0 spiro atoms. The molecule has 0 bridgehead atoms. The molecule has 4 heteroatoms. The zero-order valence-electron chi connectivity index (χ0n) is 8.32. The molecule has 1 N–H and O–H groups in total. The predicted octanol–water partition coefficient (Wildman–Crippen LogP) is 0.967. The van der Waals surface area contributed by atoms with Crippen LogP contribution >= 0.6 is 0 Å². The lowest BCUT2D eigenvalue weighted by molar-refractivity contribution is 0.150. The van der Waals surface area contributed by atoms with E-state index in [2.05, 4.69) is 20.4 Å². The van der Waals surface area contributed by atoms with E-state index in [1.54, 1.807) is 12.5 Å². The molecule has 1 saturated heterocycles. The molecule has 0 atom stereocenters. The van der Waals surface area contributed by atoms with Gasteiger partial charge in [0.2, 0.25) is 0 Å². The lowest BCUT2D eigenvalue weighted by Gasteiger charge is -2.26. The minimum absolute atomic E-state index is 0.808. The van der Waals surface area contributed by atoms with Crippen LogP contribution in [0.25, 0.3) is 0 Å². The molecule has 1 aromatic rings. The average Bonchev–Trinajstić information content (AvgIpc) is 2.29. The summed E-state index contributed by atoms with van der Waals surface area (Å²) < 4.78 is 0. The Morgan fingerprint density at radius 3 is 2.86 bits per heavy atom. The number of nitrogens with one attached hydrogen (secondary N) is 1. The smallest absolute Gasteiger partial charge is 0.115 e. The van der Waals surface area contributed by atoms with Gasteiger partial charge in [-0.1, -0.05) is 6.42 Å². The van der Waals surface area contributed by atoms with E-state index in [4.69, 9.17) is 0 Å². The van der Waals surface area contributed by atoms with Gasteiger partial charge in [-0.3, -0.25) is 0 Å². The lowest BCUT2D eigenvalue weighted by Crippen LogP contribution is -2.41. The van der Waals surface area contributed by atoms with Gasteiger partial charge in [-0.25, -0.2) is 20.4 Å². The number of piperidine rings is 1. The van der Waals surface area contributed by atoms with E-state index in [0.29, 0.717) is 0 Å². The Kier molecular flexibility index (Phi) is 3.43. The fraction of sp³-hybridized carbons (Fsp3) is 0.600. The molecule has 0 amide bonds. The Bertz CT molecular complexity index is 256. The Balaban J connectivity index is 1.76. The van der Waals surface area contributed by atoms with Crippen LogP contribution in [0.3, 0.4) is 0 Å². The van der Waals surface area contributed by atoms with Crippen molar-refractivity contribution in [2.24, 2.45) is 0 Å². The van der Waals surface area contributed by atoms with Gasteiger partial charge in [0.05, 0.1) is 12.2 Å². The van der Waals surface area contributed by atoms with Crippen LogP contribution in [0.5, 0.6) is 0 Å². The first-order valence-electron chi connectivity index (χ1n) is 5.18. The zero-order valence-corrected chi connectivity index (χ0v) is 8.32. The molecule has 2 heterocycles. The summed E-state index contributed by atoms with van der Waals surface area (Å²) in [7, 11) is 0. The standard InChI is InChI=1S/C10H16N4/c1-2-6-14(7-3-1)13-8-10-4-5-11-9-12-10/h4-5,9,13H,1-3,6-8H2. The number of aromatic nitrogens is 2. The molecule has 0 radical (unpaired) electrons. The van der Waals surface area contributed by atoms with Crippen LogP contribution in [-0.2, 0) is 6.54 Å². The number of hydrogen-bond acceptors (Lipinski definition) is 4. The van der Waals surface area contributed by atoms with Crippen molar-refractivity contribution in [1.82, 2.24) is 20.4 Å². The summed E-state index contributed by atoms with van der Waals surface area (Å²) in [4.78, 5) is 8.05. The third kappa shape index (κ3) is 2.75. The highest BCUT2D eigenvalue weighted by Crippen LogP contribution is 2.06. The zero-order chi connectivity index (χ0) is 9.64. The van der Waals surface area contributed by atoms with E-state index < -0.39 is 0 Å². The molecule has 1 aliphatic rings. The second kappa shape index (κ2) is 5.02. The van der Waals surface area contributed by atoms with E-state index >= 15 is 0 Å². The van der Waals surface area contributed by atoms with E-state index in [9.17, 15) is 0 Å². The van der Waals surface area contributed by atoms with Crippen molar-refractivity contribution in [2.45, 2.75) is 25.8 Å². The molecule has 2 rings (SSSR count). The normalized spacial score (nSPS) is 18.3. The first-order chi connectivity index (χ1) is 6.95. The summed E-state index contributed by atoms with van der Waals surface area (Å²) in [5.41, 5.74) is 4.43. The van der Waals surface area contributed by atoms with Gasteiger partial charge >= 0.3 is 0 Å². The van der Waals surface area contributed by atoms with Gasteiger partial charge in [-0.05, 0) is 18.9 Å². The third-order valence-electron chi connectivity index (χ3n) is 2.48. The Labute approximate surface area is 84.3 Å². The van der Waals surface area contributed by atoms with E-state index in [1.165, 1.54) is 19.3 Å². The number of hydrogen-bond donors (Lipinski definition) is 1. The SMILES string of the molecule is c1cc(CNN2CCCCC2)ncn1. The fourth-order valence-electron chi connectivity index (χ4n) is 1.67.